The molecule has 0 spiro atoms. The zero-order valence-corrected chi connectivity index (χ0v) is 14.7. The van der Waals surface area contributed by atoms with E-state index in [1.807, 2.05) is 0 Å². The molecule has 1 aromatic heterocycles. The summed E-state index contributed by atoms with van der Waals surface area (Å²) in [5.41, 5.74) is 0. The van der Waals surface area contributed by atoms with Crippen LogP contribution in [0.25, 0.3) is 0 Å². The van der Waals surface area contributed by atoms with Crippen LogP contribution in [0, 0.1) is 5.92 Å². The van der Waals surface area contributed by atoms with Gasteiger partial charge in [-0.15, -0.1) is 11.3 Å². The van der Waals surface area contributed by atoms with Gasteiger partial charge in [-0.3, -0.25) is 4.79 Å². The van der Waals surface area contributed by atoms with E-state index >= 15 is 0 Å². The molecule has 1 unspecified atom stereocenters. The van der Waals surface area contributed by atoms with Gasteiger partial charge in [-0.05, 0) is 43.7 Å². The van der Waals surface area contributed by atoms with Crippen molar-refractivity contribution in [1.29, 1.82) is 0 Å². The van der Waals surface area contributed by atoms with Gasteiger partial charge in [0.25, 0.3) is 10.0 Å². The van der Waals surface area contributed by atoms with Crippen LogP contribution in [0.2, 0.25) is 0 Å². The van der Waals surface area contributed by atoms with Crippen molar-refractivity contribution in [2.24, 2.45) is 5.92 Å². The minimum absolute atomic E-state index is 0.00329. The van der Waals surface area contributed by atoms with Crippen LogP contribution in [0.4, 0.5) is 0 Å². The monoisotopic (exact) mass is 372 g/mol. The summed E-state index contributed by atoms with van der Waals surface area (Å²) in [6.45, 7) is 1.08. The first-order valence-corrected chi connectivity index (χ1v) is 10.2. The molecular formula is C15H20N2O5S2. The zero-order valence-electron chi connectivity index (χ0n) is 13.1. The second kappa shape index (κ2) is 6.81. The van der Waals surface area contributed by atoms with E-state index < -0.39 is 22.0 Å². The first-order chi connectivity index (χ1) is 11.4. The van der Waals surface area contributed by atoms with E-state index in [1.165, 1.54) is 10.4 Å². The van der Waals surface area contributed by atoms with Crippen LogP contribution in [0.1, 0.15) is 30.6 Å². The summed E-state index contributed by atoms with van der Waals surface area (Å²) in [7, 11) is -3.47. The van der Waals surface area contributed by atoms with Crippen molar-refractivity contribution in [3.63, 3.8) is 0 Å². The fourth-order valence-electron chi connectivity index (χ4n) is 2.84. The maximum Gasteiger partial charge on any atom is 0.326 e. The summed E-state index contributed by atoms with van der Waals surface area (Å²) in [5.74, 6) is -1.39. The molecule has 7 nitrogen and oxygen atoms in total. The van der Waals surface area contributed by atoms with Crippen LogP contribution in [-0.4, -0.2) is 48.8 Å². The molecule has 0 bridgehead atoms. The lowest BCUT2D eigenvalue weighted by molar-refractivity contribution is -0.142. The van der Waals surface area contributed by atoms with Crippen LogP contribution < -0.4 is 5.32 Å². The highest BCUT2D eigenvalue weighted by atomic mass is 32.2. The summed E-state index contributed by atoms with van der Waals surface area (Å²) in [6, 6.07) is 2.31. The highest BCUT2D eigenvalue weighted by molar-refractivity contribution is 7.91. The second-order valence-corrected chi connectivity index (χ2v) is 9.56. The molecule has 132 valence electrons. The van der Waals surface area contributed by atoms with Gasteiger partial charge in [0.2, 0.25) is 5.91 Å². The van der Waals surface area contributed by atoms with Crippen LogP contribution in [0.15, 0.2) is 16.3 Å². The molecule has 2 aliphatic rings. The molecule has 0 aromatic carbocycles. The van der Waals surface area contributed by atoms with Gasteiger partial charge in [0.15, 0.2) is 0 Å². The maximum atomic E-state index is 12.5. The number of hydrogen-bond donors (Lipinski definition) is 2. The number of nitrogens with zero attached hydrogens (tertiary/aromatic N) is 1. The number of sulfonamides is 1. The molecular weight excluding hydrogens is 352 g/mol. The van der Waals surface area contributed by atoms with Crippen molar-refractivity contribution in [2.75, 3.05) is 13.1 Å². The summed E-state index contributed by atoms with van der Waals surface area (Å²) >= 11 is 1.08. The summed E-state index contributed by atoms with van der Waals surface area (Å²) in [4.78, 5) is 23.8. The van der Waals surface area contributed by atoms with Crippen molar-refractivity contribution in [3.05, 3.63) is 17.0 Å². The number of thiophene rings is 1. The number of carboxylic acid groups (broad SMARTS) is 1. The number of rotatable bonds is 7. The molecule has 9 heteroatoms. The number of carboxylic acids is 1. The van der Waals surface area contributed by atoms with Gasteiger partial charge in [0, 0.05) is 18.0 Å². The number of nitrogens with one attached hydrogen (secondary N) is 1. The van der Waals surface area contributed by atoms with E-state index in [-0.39, 0.29) is 22.5 Å². The Morgan fingerprint density at radius 1 is 1.29 bits per heavy atom. The highest BCUT2D eigenvalue weighted by Gasteiger charge is 2.37. The van der Waals surface area contributed by atoms with Crippen molar-refractivity contribution >= 4 is 33.2 Å². The smallest absolute Gasteiger partial charge is 0.326 e. The molecule has 2 heterocycles. The van der Waals surface area contributed by atoms with E-state index in [2.05, 4.69) is 5.32 Å². The Bertz CT molecular complexity index is 733. The molecule has 24 heavy (non-hydrogen) atoms. The number of amides is 1. The molecule has 1 amide bonds. The SMILES string of the molecule is O=C(Cc1ccc(S(=O)(=O)N2CCCC2)s1)NC(C(=O)O)C1CC1. The van der Waals surface area contributed by atoms with Crippen LogP contribution in [-0.2, 0) is 26.0 Å². The first kappa shape index (κ1) is 17.4. The second-order valence-electron chi connectivity index (χ2n) is 6.23. The van der Waals surface area contributed by atoms with Gasteiger partial charge in [-0.25, -0.2) is 13.2 Å². The van der Waals surface area contributed by atoms with E-state index in [0.717, 1.165) is 37.0 Å². The van der Waals surface area contributed by atoms with Crippen LogP contribution >= 0.6 is 11.3 Å². The van der Waals surface area contributed by atoms with Crippen LogP contribution in [0.5, 0.6) is 0 Å². The van der Waals surface area contributed by atoms with Gasteiger partial charge in [0.05, 0.1) is 6.42 Å². The molecule has 1 saturated heterocycles. The minimum atomic E-state index is -3.47. The average Bonchev–Trinajstić information content (AvgIpc) is 3.02. The molecule has 2 N–H and O–H groups in total. The quantitative estimate of drug-likeness (QED) is 0.745. The van der Waals surface area contributed by atoms with Crippen LogP contribution in [0.3, 0.4) is 0 Å². The maximum absolute atomic E-state index is 12.5. The van der Waals surface area contributed by atoms with Crippen molar-refractivity contribution in [3.8, 4) is 0 Å². The van der Waals surface area contributed by atoms with Gasteiger partial charge < -0.3 is 10.4 Å². The molecule has 1 aromatic rings. The summed E-state index contributed by atoms with van der Waals surface area (Å²) < 4.78 is 26.6. The Morgan fingerprint density at radius 2 is 1.96 bits per heavy atom. The number of carbonyl (C=O) groups excluding carboxylic acids is 1. The minimum Gasteiger partial charge on any atom is -0.480 e. The van der Waals surface area contributed by atoms with Gasteiger partial charge in [-0.1, -0.05) is 0 Å². The fourth-order valence-corrected chi connectivity index (χ4v) is 5.87. The Labute approximate surface area is 144 Å². The zero-order chi connectivity index (χ0) is 17.3. The van der Waals surface area contributed by atoms with Crippen molar-refractivity contribution in [1.82, 2.24) is 9.62 Å². The molecule has 2 fully saturated rings. The Morgan fingerprint density at radius 3 is 2.54 bits per heavy atom. The average molecular weight is 372 g/mol. The third-order valence-electron chi connectivity index (χ3n) is 4.31. The largest absolute Gasteiger partial charge is 0.480 e. The van der Waals surface area contributed by atoms with Gasteiger partial charge in [0.1, 0.15) is 10.3 Å². The third-order valence-corrected chi connectivity index (χ3v) is 7.76. The Hall–Kier alpha value is -1.45. The third kappa shape index (κ3) is 3.79. The van der Waals surface area contributed by atoms with E-state index in [9.17, 15) is 18.0 Å². The Balaban J connectivity index is 1.63. The topological polar surface area (TPSA) is 104 Å². The molecule has 0 radical (unpaired) electrons. The molecule has 1 atom stereocenters. The number of aliphatic carboxylic acids is 1. The van der Waals surface area contributed by atoms with E-state index in [4.69, 9.17) is 5.11 Å². The normalized spacial score (nSPS) is 20.0. The Kier molecular flexibility index (Phi) is 4.93. The fraction of sp³-hybridized carbons (Fsp3) is 0.600. The molecule has 1 saturated carbocycles. The van der Waals surface area contributed by atoms with E-state index in [1.54, 1.807) is 6.07 Å². The lowest BCUT2D eigenvalue weighted by Gasteiger charge is -2.13. The van der Waals surface area contributed by atoms with Gasteiger partial charge >= 0.3 is 5.97 Å². The van der Waals surface area contributed by atoms with Crippen molar-refractivity contribution < 1.29 is 23.1 Å². The summed E-state index contributed by atoms with van der Waals surface area (Å²) in [6.07, 6.45) is 3.37. The molecule has 1 aliphatic carbocycles. The standard InChI is InChI=1S/C15H20N2O5S2/c18-12(16-14(15(19)20)10-3-4-10)9-11-5-6-13(23-11)24(21,22)17-7-1-2-8-17/h5-6,10,14H,1-4,7-9H2,(H,16,18)(H,19,20). The highest BCUT2D eigenvalue weighted by Crippen LogP contribution is 2.33. The van der Waals surface area contributed by atoms with E-state index in [0.29, 0.717) is 18.0 Å². The van der Waals surface area contributed by atoms with Gasteiger partial charge in [-0.2, -0.15) is 4.31 Å². The predicted octanol–water partition coefficient (Wildman–Crippen LogP) is 1.05. The molecule has 3 rings (SSSR count). The first-order valence-electron chi connectivity index (χ1n) is 7.99. The van der Waals surface area contributed by atoms with Crippen molar-refractivity contribution in [2.45, 2.75) is 42.4 Å². The lowest BCUT2D eigenvalue weighted by atomic mass is 10.2. The molecule has 1 aliphatic heterocycles. The summed E-state index contributed by atoms with van der Waals surface area (Å²) in [5, 5.41) is 11.7. The predicted molar refractivity (Wildman–Crippen MR) is 88.3 cm³/mol. The lowest BCUT2D eigenvalue weighted by Crippen LogP contribution is -2.42. The number of hydrogen-bond acceptors (Lipinski definition) is 5. The number of carbonyl (C=O) groups is 2.